The molecule has 3 aliphatic carbocycles. The smallest absolute Gasteiger partial charge is 0.226 e. The van der Waals surface area contributed by atoms with Crippen LogP contribution in [0.3, 0.4) is 0 Å². The van der Waals surface area contributed by atoms with Crippen molar-refractivity contribution in [1.29, 1.82) is 0 Å². The lowest BCUT2D eigenvalue weighted by atomic mass is 9.56. The van der Waals surface area contributed by atoms with Gasteiger partial charge in [-0.05, 0) is 69.1 Å². The lowest BCUT2D eigenvalue weighted by Crippen LogP contribution is -2.63. The number of hydrogen-bond donors (Lipinski definition) is 1. The molecule has 0 spiro atoms. The molecule has 5 nitrogen and oxygen atoms in total. The fraction of sp³-hybridized carbons (Fsp3) is 0.680. The fourth-order valence-corrected chi connectivity index (χ4v) is 7.34. The van der Waals surface area contributed by atoms with E-state index in [1.165, 1.54) is 6.42 Å². The van der Waals surface area contributed by atoms with E-state index in [0.717, 1.165) is 61.1 Å². The summed E-state index contributed by atoms with van der Waals surface area (Å²) in [5, 5.41) is 0.812. The molecule has 3 saturated carbocycles. The number of methoxy groups -OCH3 is 1. The largest absolute Gasteiger partial charge is 0.495 e. The van der Waals surface area contributed by atoms with Crippen LogP contribution in [0.4, 0.5) is 4.39 Å². The number of aromatic amines is 1. The summed E-state index contributed by atoms with van der Waals surface area (Å²) < 4.78 is 21.9. The lowest BCUT2D eigenvalue weighted by Gasteiger charge is -2.61. The summed E-state index contributed by atoms with van der Waals surface area (Å²) in [4.78, 5) is 23.1. The van der Waals surface area contributed by atoms with Crippen LogP contribution in [0.1, 0.15) is 82.3 Å². The molecule has 31 heavy (non-hydrogen) atoms. The standard InChI is InChI=1S/C25H32FN3O2/c1-24-8-14-6-16(9-24)29(17(7-14)10-24)20(30)11-25(2,26)18-12-27-23-22(18)21(15-4-5-15)19(31-3)13-28-23/h12-17H,4-11H2,1-3H3,(H,27,28). The second-order valence-electron chi connectivity index (χ2n) is 11.2. The molecule has 166 valence electrons. The molecule has 5 fully saturated rings. The first kappa shape index (κ1) is 19.6. The molecule has 4 bridgehead atoms. The van der Waals surface area contributed by atoms with Crippen molar-refractivity contribution in [3.05, 3.63) is 23.5 Å². The van der Waals surface area contributed by atoms with Crippen molar-refractivity contribution in [2.45, 2.75) is 88.9 Å². The first-order valence-electron chi connectivity index (χ1n) is 11.8. The first-order valence-corrected chi connectivity index (χ1v) is 11.8. The van der Waals surface area contributed by atoms with Crippen molar-refractivity contribution in [1.82, 2.24) is 14.9 Å². The molecule has 0 aromatic carbocycles. The number of carbonyl (C=O) groups is 1. The highest BCUT2D eigenvalue weighted by Gasteiger charge is 2.54. The number of amides is 1. The molecule has 3 atom stereocenters. The minimum atomic E-state index is -1.76. The molecule has 5 aliphatic rings. The van der Waals surface area contributed by atoms with Gasteiger partial charge in [0.25, 0.3) is 0 Å². The SMILES string of the molecule is COc1cnc2[nH]cc(C(C)(F)CC(=O)N3C4CC5CC3CC(C)(C5)C4)c2c1C1CC1. The van der Waals surface area contributed by atoms with E-state index in [4.69, 9.17) is 4.74 Å². The van der Waals surface area contributed by atoms with E-state index in [1.54, 1.807) is 26.4 Å². The van der Waals surface area contributed by atoms with Crippen LogP contribution in [0.5, 0.6) is 5.75 Å². The summed E-state index contributed by atoms with van der Waals surface area (Å²) in [5.74, 6) is 1.82. The Morgan fingerprint density at radius 1 is 1.32 bits per heavy atom. The summed E-state index contributed by atoms with van der Waals surface area (Å²) in [6.45, 7) is 3.94. The highest BCUT2D eigenvalue weighted by atomic mass is 19.1. The van der Waals surface area contributed by atoms with Crippen molar-refractivity contribution in [3.63, 3.8) is 0 Å². The molecule has 4 heterocycles. The third-order valence-corrected chi connectivity index (χ3v) is 8.48. The highest BCUT2D eigenvalue weighted by molar-refractivity contribution is 5.88. The highest BCUT2D eigenvalue weighted by Crippen LogP contribution is 2.56. The zero-order valence-corrected chi connectivity index (χ0v) is 18.7. The number of nitrogens with zero attached hydrogens (tertiary/aromatic N) is 2. The molecular weight excluding hydrogens is 393 g/mol. The van der Waals surface area contributed by atoms with Gasteiger partial charge in [-0.3, -0.25) is 4.79 Å². The summed E-state index contributed by atoms with van der Waals surface area (Å²) in [7, 11) is 1.64. The van der Waals surface area contributed by atoms with E-state index in [9.17, 15) is 4.79 Å². The van der Waals surface area contributed by atoms with Crippen LogP contribution in [-0.2, 0) is 10.5 Å². The van der Waals surface area contributed by atoms with E-state index in [1.807, 2.05) is 0 Å². The summed E-state index contributed by atoms with van der Waals surface area (Å²) in [6.07, 6.45) is 11.1. The molecular formula is C25H32FN3O2. The number of fused-ring (bicyclic) bond motifs is 1. The summed E-state index contributed by atoms with van der Waals surface area (Å²) in [5.41, 5.74) is 0.886. The van der Waals surface area contributed by atoms with Gasteiger partial charge in [0.1, 0.15) is 17.1 Å². The molecule has 0 radical (unpaired) electrons. The van der Waals surface area contributed by atoms with Crippen LogP contribution in [0.15, 0.2) is 12.4 Å². The van der Waals surface area contributed by atoms with Crippen molar-refractivity contribution >= 4 is 16.9 Å². The van der Waals surface area contributed by atoms with Crippen molar-refractivity contribution < 1.29 is 13.9 Å². The number of hydrogen-bond acceptors (Lipinski definition) is 3. The van der Waals surface area contributed by atoms with Gasteiger partial charge in [-0.2, -0.15) is 0 Å². The van der Waals surface area contributed by atoms with Crippen LogP contribution in [-0.4, -0.2) is 40.0 Å². The molecule has 2 aromatic heterocycles. The second-order valence-corrected chi connectivity index (χ2v) is 11.2. The van der Waals surface area contributed by atoms with Crippen molar-refractivity contribution in [3.8, 4) is 5.75 Å². The van der Waals surface area contributed by atoms with Crippen molar-refractivity contribution in [2.75, 3.05) is 7.11 Å². The third kappa shape index (κ3) is 3.00. The molecule has 2 aromatic rings. The van der Waals surface area contributed by atoms with E-state index in [0.29, 0.717) is 34.6 Å². The average Bonchev–Trinajstić information content (AvgIpc) is 3.42. The lowest BCUT2D eigenvalue weighted by molar-refractivity contribution is -0.159. The van der Waals surface area contributed by atoms with Gasteiger partial charge in [-0.25, -0.2) is 9.37 Å². The van der Waals surface area contributed by atoms with E-state index < -0.39 is 5.67 Å². The number of carbonyl (C=O) groups excluding carboxylic acids is 1. The van der Waals surface area contributed by atoms with Gasteiger partial charge in [-0.15, -0.1) is 0 Å². The minimum Gasteiger partial charge on any atom is -0.495 e. The van der Waals surface area contributed by atoms with Gasteiger partial charge in [0.2, 0.25) is 5.91 Å². The maximum atomic E-state index is 16.3. The first-order chi connectivity index (χ1) is 14.8. The van der Waals surface area contributed by atoms with Crippen LogP contribution in [0, 0.1) is 11.3 Å². The number of halogens is 1. The van der Waals surface area contributed by atoms with Crippen LogP contribution in [0.25, 0.3) is 11.0 Å². The topological polar surface area (TPSA) is 58.2 Å². The summed E-state index contributed by atoms with van der Waals surface area (Å²) >= 11 is 0. The van der Waals surface area contributed by atoms with Gasteiger partial charge in [0.15, 0.2) is 0 Å². The van der Waals surface area contributed by atoms with E-state index >= 15 is 4.39 Å². The Morgan fingerprint density at radius 3 is 2.65 bits per heavy atom. The maximum absolute atomic E-state index is 16.3. The van der Waals surface area contributed by atoms with Gasteiger partial charge in [0.05, 0.1) is 19.7 Å². The van der Waals surface area contributed by atoms with Gasteiger partial charge in [-0.1, -0.05) is 6.92 Å². The average molecular weight is 426 g/mol. The number of aromatic nitrogens is 2. The monoisotopic (exact) mass is 425 g/mol. The quantitative estimate of drug-likeness (QED) is 0.716. The Balaban J connectivity index is 1.32. The number of alkyl halides is 1. The molecule has 2 aliphatic heterocycles. The number of ether oxygens (including phenoxy) is 1. The predicted molar refractivity (Wildman–Crippen MR) is 117 cm³/mol. The number of H-pyrrole nitrogens is 1. The third-order valence-electron chi connectivity index (χ3n) is 8.48. The van der Waals surface area contributed by atoms with Crippen LogP contribution < -0.4 is 4.74 Å². The molecule has 1 N–H and O–H groups in total. The Labute approximate surface area is 182 Å². The Bertz CT molecular complexity index is 1040. The normalized spacial score (nSPS) is 33.7. The van der Waals surface area contributed by atoms with Gasteiger partial charge >= 0.3 is 0 Å². The maximum Gasteiger partial charge on any atom is 0.226 e. The molecule has 3 unspecified atom stereocenters. The Morgan fingerprint density at radius 2 is 2.03 bits per heavy atom. The molecule has 6 heteroatoms. The number of pyridine rings is 1. The summed E-state index contributed by atoms with van der Waals surface area (Å²) in [6, 6.07) is 0.595. The van der Waals surface area contributed by atoms with E-state index in [-0.39, 0.29) is 12.3 Å². The van der Waals surface area contributed by atoms with E-state index in [2.05, 4.69) is 21.8 Å². The number of rotatable bonds is 5. The Hall–Kier alpha value is -2.11. The molecule has 1 amide bonds. The molecule has 7 rings (SSSR count). The van der Waals surface area contributed by atoms with Crippen LogP contribution >= 0.6 is 0 Å². The van der Waals surface area contributed by atoms with Crippen molar-refractivity contribution in [2.24, 2.45) is 11.3 Å². The molecule has 2 saturated heterocycles. The fourth-order valence-electron chi connectivity index (χ4n) is 7.34. The number of piperidine rings is 2. The predicted octanol–water partition coefficient (Wildman–Crippen LogP) is 5.20. The van der Waals surface area contributed by atoms with Crippen LogP contribution in [0.2, 0.25) is 0 Å². The number of nitrogens with one attached hydrogen (secondary N) is 1. The zero-order chi connectivity index (χ0) is 21.5. The van der Waals surface area contributed by atoms with Gasteiger partial charge in [0, 0.05) is 34.8 Å². The zero-order valence-electron chi connectivity index (χ0n) is 18.7. The second kappa shape index (κ2) is 6.46. The van der Waals surface area contributed by atoms with Gasteiger partial charge < -0.3 is 14.6 Å². The minimum absolute atomic E-state index is 0.0272. The Kier molecular flexibility index (Phi) is 4.07.